The van der Waals surface area contributed by atoms with Crippen molar-refractivity contribution in [3.63, 3.8) is 0 Å². The molecule has 77 heavy (non-hydrogen) atoms. The average molecular weight is 1110 g/mol. The first-order valence-electron chi connectivity index (χ1n) is 34.2. The van der Waals surface area contributed by atoms with Gasteiger partial charge in [-0.25, -0.2) is 0 Å². The number of hydrogen-bond donors (Lipinski definition) is 2. The minimum absolute atomic E-state index is 0.0147. The molecule has 0 radical (unpaired) electrons. The lowest BCUT2D eigenvalue weighted by Gasteiger charge is -2.30. The van der Waals surface area contributed by atoms with Crippen LogP contribution in [0.2, 0.25) is 0 Å². The molecule has 0 aromatic carbocycles. The summed E-state index contributed by atoms with van der Waals surface area (Å²) in [6, 6.07) is -0.800. The number of quaternary nitrogens is 1. The smallest absolute Gasteiger partial charge is 0.268 e. The van der Waals surface area contributed by atoms with Crippen molar-refractivity contribution in [3.05, 3.63) is 24.3 Å². The number of aliphatic hydroxyl groups is 1. The third-order valence-electron chi connectivity index (χ3n) is 15.9. The summed E-state index contributed by atoms with van der Waals surface area (Å²) in [5.74, 6) is -0.157. The van der Waals surface area contributed by atoms with E-state index in [0.717, 1.165) is 44.9 Å². The zero-order chi connectivity index (χ0) is 56.3. The van der Waals surface area contributed by atoms with Gasteiger partial charge in [0, 0.05) is 6.42 Å². The molecule has 0 saturated carbocycles. The first kappa shape index (κ1) is 76.0. The maximum absolute atomic E-state index is 13.0. The number of phosphoric ester groups is 1. The van der Waals surface area contributed by atoms with Gasteiger partial charge in [-0.05, 0) is 44.9 Å². The van der Waals surface area contributed by atoms with Gasteiger partial charge in [-0.1, -0.05) is 327 Å². The second-order valence-corrected chi connectivity index (χ2v) is 26.3. The molecule has 8 nitrogen and oxygen atoms in total. The second-order valence-electron chi connectivity index (χ2n) is 24.9. The number of hydrogen-bond acceptors (Lipinski definition) is 6. The summed E-state index contributed by atoms with van der Waals surface area (Å²) in [6.45, 7) is 4.78. The van der Waals surface area contributed by atoms with E-state index in [-0.39, 0.29) is 19.1 Å². The van der Waals surface area contributed by atoms with Gasteiger partial charge in [-0.15, -0.1) is 0 Å². The van der Waals surface area contributed by atoms with Crippen LogP contribution in [0.1, 0.15) is 354 Å². The highest BCUT2D eigenvalue weighted by Gasteiger charge is 2.24. The van der Waals surface area contributed by atoms with E-state index in [2.05, 4.69) is 43.5 Å². The number of likely N-dealkylation sites (N-methyl/N-ethyl adjacent to an activating group) is 1. The first-order chi connectivity index (χ1) is 37.5. The van der Waals surface area contributed by atoms with E-state index in [1.807, 2.05) is 21.1 Å². The van der Waals surface area contributed by atoms with Crippen molar-refractivity contribution in [2.24, 2.45) is 0 Å². The lowest BCUT2D eigenvalue weighted by Crippen LogP contribution is -2.46. The highest BCUT2D eigenvalue weighted by molar-refractivity contribution is 7.45. The Morgan fingerprint density at radius 1 is 0.455 bits per heavy atom. The van der Waals surface area contributed by atoms with Crippen LogP contribution in [0.5, 0.6) is 0 Å². The van der Waals surface area contributed by atoms with Gasteiger partial charge >= 0.3 is 0 Å². The predicted molar refractivity (Wildman–Crippen MR) is 335 cm³/mol. The number of nitrogens with one attached hydrogen (secondary N) is 1. The van der Waals surface area contributed by atoms with Crippen LogP contribution in [0.3, 0.4) is 0 Å². The van der Waals surface area contributed by atoms with Crippen LogP contribution in [0.25, 0.3) is 0 Å². The SMILES string of the molecule is CCCCCCCCCCC/C=C\C/C=C\CCCCCCCCCCCCCCCCCCCC(=O)NC(COP(=O)([O-])OCC[N+](C)(C)C)C(O)CCCCCCCCCCCCCCCCCCCCCCCC. The molecule has 0 aliphatic rings. The largest absolute Gasteiger partial charge is 0.756 e. The summed E-state index contributed by atoms with van der Waals surface area (Å²) >= 11 is 0. The Bertz CT molecular complexity index is 1300. The topological polar surface area (TPSA) is 108 Å². The Hall–Kier alpha value is -1.02. The molecule has 0 fully saturated rings. The Morgan fingerprint density at radius 3 is 1.08 bits per heavy atom. The van der Waals surface area contributed by atoms with E-state index in [1.54, 1.807) is 0 Å². The van der Waals surface area contributed by atoms with Crippen LogP contribution in [0, 0.1) is 0 Å². The Morgan fingerprint density at radius 2 is 0.753 bits per heavy atom. The molecule has 0 heterocycles. The molecule has 0 aliphatic carbocycles. The molecule has 0 spiro atoms. The van der Waals surface area contributed by atoms with E-state index in [1.165, 1.54) is 283 Å². The number of amides is 1. The standard InChI is InChI=1S/C68H135N2O6P/c1-6-8-10-12-14-16-18-20-22-24-26-28-30-31-32-33-34-35-36-37-38-39-40-42-44-46-48-50-52-54-56-58-60-62-68(72)69-66(65-76-77(73,74)75-64-63-70(3,4)5)67(71)61-59-57-55-53-51-49-47-45-43-41-29-27-25-23-21-19-17-15-13-11-9-7-2/h26,28,31-32,66-67,71H,6-25,27,29-30,33-65H2,1-5H3,(H-,69,72,73,74)/b28-26-,32-31-. The molecule has 3 atom stereocenters. The molecule has 1 amide bonds. The Balaban J connectivity index is 4.00. The van der Waals surface area contributed by atoms with Crippen molar-refractivity contribution >= 4 is 13.7 Å². The van der Waals surface area contributed by atoms with Gasteiger partial charge in [0.1, 0.15) is 13.2 Å². The van der Waals surface area contributed by atoms with Gasteiger partial charge in [0.2, 0.25) is 5.91 Å². The molecule has 0 aliphatic heterocycles. The number of phosphoric acid groups is 1. The minimum atomic E-state index is -4.58. The molecule has 0 aromatic heterocycles. The first-order valence-corrected chi connectivity index (χ1v) is 35.6. The van der Waals surface area contributed by atoms with Crippen LogP contribution in [-0.2, 0) is 18.4 Å². The Kier molecular flexibility index (Phi) is 58.8. The fourth-order valence-electron chi connectivity index (χ4n) is 10.6. The maximum Gasteiger partial charge on any atom is 0.268 e. The van der Waals surface area contributed by atoms with Crippen LogP contribution in [0.15, 0.2) is 24.3 Å². The van der Waals surface area contributed by atoms with E-state index in [0.29, 0.717) is 23.9 Å². The highest BCUT2D eigenvalue weighted by Crippen LogP contribution is 2.38. The third-order valence-corrected chi connectivity index (χ3v) is 16.9. The molecule has 0 rings (SSSR count). The van der Waals surface area contributed by atoms with Crippen molar-refractivity contribution in [2.75, 3.05) is 40.9 Å². The summed E-state index contributed by atoms with van der Waals surface area (Å²) in [5.41, 5.74) is 0. The fourth-order valence-corrected chi connectivity index (χ4v) is 11.3. The van der Waals surface area contributed by atoms with E-state index in [4.69, 9.17) is 9.05 Å². The normalized spacial score (nSPS) is 13.8. The van der Waals surface area contributed by atoms with Crippen molar-refractivity contribution in [1.29, 1.82) is 0 Å². The van der Waals surface area contributed by atoms with E-state index in [9.17, 15) is 19.4 Å². The van der Waals surface area contributed by atoms with Crippen molar-refractivity contribution < 1.29 is 32.9 Å². The quantitative estimate of drug-likeness (QED) is 0.0272. The monoisotopic (exact) mass is 1110 g/mol. The highest BCUT2D eigenvalue weighted by atomic mass is 31.2. The average Bonchev–Trinajstić information content (AvgIpc) is 3.39. The van der Waals surface area contributed by atoms with Gasteiger partial charge in [0.05, 0.1) is 39.9 Å². The van der Waals surface area contributed by atoms with Gasteiger partial charge in [-0.2, -0.15) is 0 Å². The van der Waals surface area contributed by atoms with E-state index >= 15 is 0 Å². The minimum Gasteiger partial charge on any atom is -0.756 e. The number of carbonyl (C=O) groups is 1. The molecular weight excluding hydrogens is 972 g/mol. The lowest BCUT2D eigenvalue weighted by molar-refractivity contribution is -0.870. The fraction of sp³-hybridized carbons (Fsp3) is 0.926. The lowest BCUT2D eigenvalue weighted by atomic mass is 10.0. The summed E-state index contributed by atoms with van der Waals surface area (Å²) in [5, 5.41) is 14.1. The van der Waals surface area contributed by atoms with Gasteiger partial charge in [0.25, 0.3) is 7.82 Å². The molecule has 0 bridgehead atoms. The Labute approximate surface area is 481 Å². The van der Waals surface area contributed by atoms with Gasteiger partial charge in [-0.3, -0.25) is 9.36 Å². The van der Waals surface area contributed by atoms with Crippen molar-refractivity contribution in [3.8, 4) is 0 Å². The predicted octanol–water partition coefficient (Wildman–Crippen LogP) is 20.9. The second kappa shape index (κ2) is 59.6. The molecule has 0 saturated heterocycles. The maximum atomic E-state index is 13.0. The van der Waals surface area contributed by atoms with Crippen LogP contribution >= 0.6 is 7.82 Å². The van der Waals surface area contributed by atoms with Crippen LogP contribution < -0.4 is 10.2 Å². The molecular formula is C68H135N2O6P. The van der Waals surface area contributed by atoms with Crippen molar-refractivity contribution in [1.82, 2.24) is 5.32 Å². The summed E-state index contributed by atoms with van der Waals surface area (Å²) in [7, 11) is 1.32. The third kappa shape index (κ3) is 62.4. The van der Waals surface area contributed by atoms with Gasteiger partial charge in [0.15, 0.2) is 0 Å². The molecule has 458 valence electrons. The number of nitrogens with zero attached hydrogens (tertiary/aromatic N) is 1. The summed E-state index contributed by atoms with van der Waals surface area (Å²) < 4.78 is 23.5. The molecule has 0 aromatic rings. The zero-order valence-corrected chi connectivity index (χ0v) is 53.3. The number of carbonyl (C=O) groups excluding carboxylic acids is 1. The molecule has 9 heteroatoms. The molecule has 2 N–H and O–H groups in total. The summed E-state index contributed by atoms with van der Waals surface area (Å²) in [6.07, 6.45) is 76.8. The van der Waals surface area contributed by atoms with Crippen LogP contribution in [0.4, 0.5) is 0 Å². The van der Waals surface area contributed by atoms with Crippen LogP contribution in [-0.4, -0.2) is 68.5 Å². The number of unbranched alkanes of at least 4 members (excludes halogenated alkanes) is 47. The van der Waals surface area contributed by atoms with Gasteiger partial charge < -0.3 is 28.8 Å². The van der Waals surface area contributed by atoms with E-state index < -0.39 is 20.0 Å². The number of rotatable bonds is 64. The number of aliphatic hydroxyl groups excluding tert-OH is 1. The number of allylic oxidation sites excluding steroid dienone is 4. The molecule has 3 unspecified atom stereocenters. The van der Waals surface area contributed by atoms with Crippen molar-refractivity contribution in [2.45, 2.75) is 366 Å². The zero-order valence-electron chi connectivity index (χ0n) is 52.4. The summed E-state index contributed by atoms with van der Waals surface area (Å²) in [4.78, 5) is 25.6.